The van der Waals surface area contributed by atoms with Crippen LogP contribution in [0.3, 0.4) is 0 Å². The number of carbonyl (C=O) groups is 2. The average molecular weight is 463 g/mol. The molecule has 0 spiro atoms. The Bertz CT molecular complexity index is 1220. The molecular weight excluding hydrogens is 441 g/mol. The standard InChI is InChI=1S/C26H22FNO6/c27-21-11-10-20(23-24(21)33-15-32-23)17-6-8-19(9-7-17)31-14-16-3-1-4-18(13-16)25(29)34-26(30)22-5-2-12-28-22/h1,3-4,6-11,13,22,28H,2,5,12,14-15H2/t22-/m0/s1. The van der Waals surface area contributed by atoms with Crippen LogP contribution in [0.25, 0.3) is 11.1 Å². The van der Waals surface area contributed by atoms with Crippen molar-refractivity contribution in [3.63, 3.8) is 0 Å². The Morgan fingerprint density at radius 2 is 1.85 bits per heavy atom. The zero-order chi connectivity index (χ0) is 23.5. The van der Waals surface area contributed by atoms with Crippen LogP contribution in [0.4, 0.5) is 4.39 Å². The number of hydrogen-bond acceptors (Lipinski definition) is 7. The van der Waals surface area contributed by atoms with Crippen LogP contribution < -0.4 is 19.5 Å². The first-order chi connectivity index (χ1) is 16.6. The van der Waals surface area contributed by atoms with Crippen molar-refractivity contribution in [2.75, 3.05) is 13.3 Å². The van der Waals surface area contributed by atoms with E-state index in [0.29, 0.717) is 17.9 Å². The molecule has 5 rings (SSSR count). The minimum Gasteiger partial charge on any atom is -0.489 e. The molecule has 0 aliphatic carbocycles. The second-order valence-corrected chi connectivity index (χ2v) is 8.03. The molecule has 0 radical (unpaired) electrons. The molecule has 0 unspecified atom stereocenters. The van der Waals surface area contributed by atoms with E-state index in [1.165, 1.54) is 6.07 Å². The quantitative estimate of drug-likeness (QED) is 0.433. The molecule has 0 amide bonds. The third-order valence-electron chi connectivity index (χ3n) is 5.74. The Labute approximate surface area is 195 Å². The molecule has 34 heavy (non-hydrogen) atoms. The van der Waals surface area contributed by atoms with Crippen LogP contribution in [0.2, 0.25) is 0 Å². The van der Waals surface area contributed by atoms with Gasteiger partial charge in [-0.3, -0.25) is 0 Å². The normalized spacial score (nSPS) is 16.3. The van der Waals surface area contributed by atoms with Crippen LogP contribution in [-0.2, 0) is 16.1 Å². The van der Waals surface area contributed by atoms with Crippen LogP contribution in [0.5, 0.6) is 17.2 Å². The van der Waals surface area contributed by atoms with Gasteiger partial charge in [-0.25, -0.2) is 14.0 Å². The number of esters is 2. The molecule has 2 aliphatic heterocycles. The van der Waals surface area contributed by atoms with Crippen LogP contribution in [0, 0.1) is 5.82 Å². The highest BCUT2D eigenvalue weighted by atomic mass is 19.1. The van der Waals surface area contributed by atoms with Crippen molar-refractivity contribution in [3.05, 3.63) is 77.6 Å². The fourth-order valence-corrected chi connectivity index (χ4v) is 3.98. The molecule has 2 aliphatic rings. The van der Waals surface area contributed by atoms with E-state index in [4.69, 9.17) is 18.9 Å². The number of rotatable bonds is 6. The Morgan fingerprint density at radius 1 is 1.03 bits per heavy atom. The molecule has 8 heteroatoms. The summed E-state index contributed by atoms with van der Waals surface area (Å²) in [4.78, 5) is 24.4. The maximum Gasteiger partial charge on any atom is 0.345 e. The van der Waals surface area contributed by atoms with E-state index in [-0.39, 0.29) is 24.7 Å². The van der Waals surface area contributed by atoms with Crippen LogP contribution in [0.15, 0.2) is 60.7 Å². The highest BCUT2D eigenvalue weighted by Gasteiger charge is 2.26. The second-order valence-electron chi connectivity index (χ2n) is 8.03. The van der Waals surface area contributed by atoms with E-state index in [9.17, 15) is 14.0 Å². The van der Waals surface area contributed by atoms with Crippen LogP contribution in [-0.4, -0.2) is 31.3 Å². The van der Waals surface area contributed by atoms with Gasteiger partial charge in [-0.2, -0.15) is 0 Å². The van der Waals surface area contributed by atoms with Crippen molar-refractivity contribution in [2.24, 2.45) is 0 Å². The van der Waals surface area contributed by atoms with Crippen molar-refractivity contribution in [1.29, 1.82) is 0 Å². The maximum absolute atomic E-state index is 13.8. The van der Waals surface area contributed by atoms with Crippen molar-refractivity contribution in [2.45, 2.75) is 25.5 Å². The molecule has 1 atom stereocenters. The van der Waals surface area contributed by atoms with Crippen LogP contribution in [0.1, 0.15) is 28.8 Å². The minimum absolute atomic E-state index is 0.0112. The number of ether oxygens (including phenoxy) is 4. The van der Waals surface area contributed by atoms with Gasteiger partial charge in [0, 0.05) is 5.56 Å². The van der Waals surface area contributed by atoms with Crippen LogP contribution >= 0.6 is 0 Å². The first-order valence-electron chi connectivity index (χ1n) is 11.0. The maximum atomic E-state index is 13.8. The van der Waals surface area contributed by atoms with E-state index in [0.717, 1.165) is 29.7 Å². The first kappa shape index (κ1) is 21.9. The van der Waals surface area contributed by atoms with Crippen molar-refractivity contribution < 1.29 is 32.9 Å². The Kier molecular flexibility index (Phi) is 6.14. The van der Waals surface area contributed by atoms with Crippen molar-refractivity contribution in [1.82, 2.24) is 5.32 Å². The minimum atomic E-state index is -0.678. The predicted molar refractivity (Wildman–Crippen MR) is 120 cm³/mol. The fourth-order valence-electron chi connectivity index (χ4n) is 3.98. The van der Waals surface area contributed by atoms with Gasteiger partial charge in [-0.15, -0.1) is 0 Å². The highest BCUT2D eigenvalue weighted by Crippen LogP contribution is 2.43. The number of benzene rings is 3. The zero-order valence-corrected chi connectivity index (χ0v) is 18.2. The van der Waals surface area contributed by atoms with Gasteiger partial charge in [0.05, 0.1) is 5.56 Å². The smallest absolute Gasteiger partial charge is 0.345 e. The van der Waals surface area contributed by atoms with Gasteiger partial charge in [0.2, 0.25) is 12.5 Å². The van der Waals surface area contributed by atoms with E-state index >= 15 is 0 Å². The van der Waals surface area contributed by atoms with Gasteiger partial charge in [0.1, 0.15) is 18.4 Å². The molecule has 0 bridgehead atoms. The lowest BCUT2D eigenvalue weighted by Gasteiger charge is -2.11. The Hall–Kier alpha value is -3.91. The summed E-state index contributed by atoms with van der Waals surface area (Å²) < 4.78 is 35.3. The first-order valence-corrected chi connectivity index (χ1v) is 11.0. The average Bonchev–Trinajstić information content (AvgIpc) is 3.57. The van der Waals surface area contributed by atoms with E-state index in [1.807, 2.05) is 18.2 Å². The summed E-state index contributed by atoms with van der Waals surface area (Å²) >= 11 is 0. The molecule has 3 aromatic carbocycles. The monoisotopic (exact) mass is 463 g/mol. The molecular formula is C26H22FNO6. The van der Waals surface area contributed by atoms with Crippen molar-refractivity contribution >= 4 is 11.9 Å². The van der Waals surface area contributed by atoms with Gasteiger partial charge in [-0.05, 0) is 66.9 Å². The molecule has 1 saturated heterocycles. The molecule has 0 saturated carbocycles. The van der Waals surface area contributed by atoms with Gasteiger partial charge >= 0.3 is 11.9 Å². The van der Waals surface area contributed by atoms with E-state index in [2.05, 4.69) is 5.32 Å². The molecule has 2 heterocycles. The van der Waals surface area contributed by atoms with Gasteiger partial charge in [0.15, 0.2) is 11.6 Å². The SMILES string of the molecule is O=C(OC(=O)[C@@H]1CCCN1)c1cccc(COc2ccc(-c3ccc(F)c4c3OCO4)cc2)c1. The Balaban J connectivity index is 1.22. The summed E-state index contributed by atoms with van der Waals surface area (Å²) in [5.41, 5.74) is 2.61. The third kappa shape index (κ3) is 4.58. The Morgan fingerprint density at radius 3 is 2.65 bits per heavy atom. The molecule has 0 aromatic heterocycles. The molecule has 1 N–H and O–H groups in total. The lowest BCUT2D eigenvalue weighted by molar-refractivity contribution is -0.139. The van der Waals surface area contributed by atoms with E-state index < -0.39 is 23.8 Å². The van der Waals surface area contributed by atoms with E-state index in [1.54, 1.807) is 36.4 Å². The lowest BCUT2D eigenvalue weighted by Crippen LogP contribution is -2.33. The van der Waals surface area contributed by atoms with Gasteiger partial charge in [-0.1, -0.05) is 24.3 Å². The topological polar surface area (TPSA) is 83.1 Å². The molecule has 7 nitrogen and oxygen atoms in total. The highest BCUT2D eigenvalue weighted by molar-refractivity contribution is 5.98. The summed E-state index contributed by atoms with van der Waals surface area (Å²) in [6, 6.07) is 16.7. The number of carbonyl (C=O) groups excluding carboxylic acids is 2. The predicted octanol–water partition coefficient (Wildman–Crippen LogP) is 4.24. The van der Waals surface area contributed by atoms with Crippen molar-refractivity contribution in [3.8, 4) is 28.4 Å². The molecule has 3 aromatic rings. The summed E-state index contributed by atoms with van der Waals surface area (Å²) in [7, 11) is 0. The number of hydrogen-bond donors (Lipinski definition) is 1. The summed E-state index contributed by atoms with van der Waals surface area (Å²) in [5, 5.41) is 3.02. The summed E-state index contributed by atoms with van der Waals surface area (Å²) in [5.74, 6) is -0.551. The lowest BCUT2D eigenvalue weighted by atomic mass is 10.0. The van der Waals surface area contributed by atoms with Gasteiger partial charge < -0.3 is 24.3 Å². The third-order valence-corrected chi connectivity index (χ3v) is 5.74. The molecule has 174 valence electrons. The second kappa shape index (κ2) is 9.52. The van der Waals surface area contributed by atoms with Gasteiger partial charge in [0.25, 0.3) is 0 Å². The summed E-state index contributed by atoms with van der Waals surface area (Å²) in [6.07, 6.45) is 1.55. The number of halogens is 1. The number of nitrogens with one attached hydrogen (secondary N) is 1. The number of fused-ring (bicyclic) bond motifs is 1. The largest absolute Gasteiger partial charge is 0.489 e. The summed E-state index contributed by atoms with van der Waals surface area (Å²) in [6.45, 7) is 0.959. The molecule has 1 fully saturated rings. The fraction of sp³-hybridized carbons (Fsp3) is 0.231. The zero-order valence-electron chi connectivity index (χ0n) is 18.2.